The molecule has 16 heavy (non-hydrogen) atoms. The molecule has 0 spiro atoms. The van der Waals surface area contributed by atoms with E-state index in [1.807, 2.05) is 29.0 Å². The maximum Gasteiger partial charge on any atom is 0.122 e. The molecule has 0 bridgehead atoms. The van der Waals surface area contributed by atoms with E-state index in [0.29, 0.717) is 6.54 Å². The first-order valence-corrected chi connectivity index (χ1v) is 5.88. The van der Waals surface area contributed by atoms with Gasteiger partial charge in [0.15, 0.2) is 0 Å². The zero-order valence-electron chi connectivity index (χ0n) is 8.63. The lowest BCUT2D eigenvalue weighted by atomic mass is 10.1. The van der Waals surface area contributed by atoms with E-state index in [4.69, 9.17) is 5.26 Å². The van der Waals surface area contributed by atoms with Gasteiger partial charge >= 0.3 is 0 Å². The highest BCUT2D eigenvalue weighted by atomic mass is 32.1. The van der Waals surface area contributed by atoms with Crippen LogP contribution in [-0.4, -0.2) is 4.98 Å². The van der Waals surface area contributed by atoms with Gasteiger partial charge in [0.1, 0.15) is 6.04 Å². The van der Waals surface area contributed by atoms with Gasteiger partial charge < -0.3 is 0 Å². The van der Waals surface area contributed by atoms with E-state index in [1.165, 1.54) is 0 Å². The Hall–Kier alpha value is -1.70. The number of nitrogens with zero attached hydrogens (tertiary/aromatic N) is 2. The Morgan fingerprint density at radius 3 is 3.06 bits per heavy atom. The number of thiophene rings is 1. The second-order valence-electron chi connectivity index (χ2n) is 3.36. The number of nitriles is 1. The van der Waals surface area contributed by atoms with Crippen molar-refractivity contribution < 1.29 is 0 Å². The molecule has 0 fully saturated rings. The molecule has 0 aromatic carbocycles. The molecule has 2 aromatic rings. The lowest BCUT2D eigenvalue weighted by Crippen LogP contribution is -2.18. The molecule has 0 aliphatic carbocycles. The predicted octanol–water partition coefficient (Wildman–Crippen LogP) is 2.50. The Morgan fingerprint density at radius 1 is 1.50 bits per heavy atom. The van der Waals surface area contributed by atoms with Gasteiger partial charge in [-0.3, -0.25) is 10.3 Å². The minimum absolute atomic E-state index is 0.244. The number of nitrogens with one attached hydrogen (secondary N) is 1. The number of pyridine rings is 1. The van der Waals surface area contributed by atoms with Crippen molar-refractivity contribution in [1.29, 1.82) is 5.26 Å². The zero-order valence-corrected chi connectivity index (χ0v) is 9.45. The van der Waals surface area contributed by atoms with Gasteiger partial charge in [0.25, 0.3) is 0 Å². The highest BCUT2D eigenvalue weighted by molar-refractivity contribution is 7.08. The fraction of sp³-hybridized carbons (Fsp3) is 0.167. The van der Waals surface area contributed by atoms with E-state index < -0.39 is 0 Å². The minimum atomic E-state index is -0.244. The molecular weight excluding hydrogens is 218 g/mol. The molecule has 4 heteroatoms. The topological polar surface area (TPSA) is 48.7 Å². The summed E-state index contributed by atoms with van der Waals surface area (Å²) in [6.45, 7) is 0.655. The third-order valence-corrected chi connectivity index (χ3v) is 2.94. The SMILES string of the molecule is N#CC(NCc1cccnc1)c1ccsc1. The van der Waals surface area contributed by atoms with Crippen molar-refractivity contribution in [3.8, 4) is 6.07 Å². The average molecular weight is 229 g/mol. The first kappa shape index (κ1) is 10.8. The molecule has 2 aromatic heterocycles. The average Bonchev–Trinajstić information content (AvgIpc) is 2.85. The molecule has 2 heterocycles. The Labute approximate surface area is 98.4 Å². The maximum absolute atomic E-state index is 9.05. The number of aromatic nitrogens is 1. The lowest BCUT2D eigenvalue weighted by Gasteiger charge is -2.09. The van der Waals surface area contributed by atoms with Crippen molar-refractivity contribution >= 4 is 11.3 Å². The fourth-order valence-electron chi connectivity index (χ4n) is 1.40. The highest BCUT2D eigenvalue weighted by Crippen LogP contribution is 2.15. The van der Waals surface area contributed by atoms with Crippen LogP contribution in [0.5, 0.6) is 0 Å². The number of hydrogen-bond donors (Lipinski definition) is 1. The quantitative estimate of drug-likeness (QED) is 0.876. The summed E-state index contributed by atoms with van der Waals surface area (Å²) in [7, 11) is 0. The Balaban J connectivity index is 1.97. The lowest BCUT2D eigenvalue weighted by molar-refractivity contribution is 0.631. The number of hydrogen-bond acceptors (Lipinski definition) is 4. The monoisotopic (exact) mass is 229 g/mol. The Bertz CT molecular complexity index is 459. The van der Waals surface area contributed by atoms with Crippen molar-refractivity contribution in [1.82, 2.24) is 10.3 Å². The predicted molar refractivity (Wildman–Crippen MR) is 63.7 cm³/mol. The molecule has 0 saturated carbocycles. The summed E-state index contributed by atoms with van der Waals surface area (Å²) in [5.41, 5.74) is 2.11. The van der Waals surface area contributed by atoms with Crippen molar-refractivity contribution in [2.75, 3.05) is 0 Å². The fourth-order valence-corrected chi connectivity index (χ4v) is 2.09. The van der Waals surface area contributed by atoms with Crippen molar-refractivity contribution in [3.63, 3.8) is 0 Å². The third-order valence-electron chi connectivity index (χ3n) is 2.24. The van der Waals surface area contributed by atoms with Crippen LogP contribution in [0.4, 0.5) is 0 Å². The van der Waals surface area contributed by atoms with E-state index in [9.17, 15) is 0 Å². The van der Waals surface area contributed by atoms with Crippen LogP contribution in [0.15, 0.2) is 41.4 Å². The van der Waals surface area contributed by atoms with Gasteiger partial charge in [-0.1, -0.05) is 6.07 Å². The normalized spacial score (nSPS) is 11.9. The van der Waals surface area contributed by atoms with Crippen molar-refractivity contribution in [2.45, 2.75) is 12.6 Å². The molecule has 3 nitrogen and oxygen atoms in total. The van der Waals surface area contributed by atoms with Gasteiger partial charge in [0.05, 0.1) is 6.07 Å². The van der Waals surface area contributed by atoms with E-state index in [1.54, 1.807) is 23.7 Å². The molecule has 2 rings (SSSR count). The molecule has 1 atom stereocenters. The van der Waals surface area contributed by atoms with Crippen molar-refractivity contribution in [3.05, 3.63) is 52.5 Å². The smallest absolute Gasteiger partial charge is 0.122 e. The van der Waals surface area contributed by atoms with Gasteiger partial charge in [-0.05, 0) is 34.0 Å². The summed E-state index contributed by atoms with van der Waals surface area (Å²) in [5.74, 6) is 0. The van der Waals surface area contributed by atoms with Gasteiger partial charge in [-0.2, -0.15) is 16.6 Å². The molecule has 1 unspecified atom stereocenters. The van der Waals surface area contributed by atoms with Crippen LogP contribution >= 0.6 is 11.3 Å². The first-order chi connectivity index (χ1) is 7.90. The van der Waals surface area contributed by atoms with Crippen LogP contribution in [0.2, 0.25) is 0 Å². The molecule has 0 amide bonds. The van der Waals surface area contributed by atoms with Crippen LogP contribution in [-0.2, 0) is 6.54 Å². The number of rotatable bonds is 4. The third kappa shape index (κ3) is 2.66. The molecule has 1 N–H and O–H groups in total. The van der Waals surface area contributed by atoms with Crippen molar-refractivity contribution in [2.24, 2.45) is 0 Å². The summed E-state index contributed by atoms with van der Waals surface area (Å²) in [4.78, 5) is 4.03. The molecule has 0 saturated heterocycles. The minimum Gasteiger partial charge on any atom is -0.294 e. The summed E-state index contributed by atoms with van der Waals surface area (Å²) in [6.07, 6.45) is 3.54. The summed E-state index contributed by atoms with van der Waals surface area (Å²) < 4.78 is 0. The van der Waals surface area contributed by atoms with Gasteiger partial charge in [-0.25, -0.2) is 0 Å². The van der Waals surface area contributed by atoms with Gasteiger partial charge in [0.2, 0.25) is 0 Å². The zero-order chi connectivity index (χ0) is 11.2. The molecule has 0 aliphatic heterocycles. The van der Waals surface area contributed by atoms with E-state index >= 15 is 0 Å². The van der Waals surface area contributed by atoms with Crippen LogP contribution in [0, 0.1) is 11.3 Å². The summed E-state index contributed by atoms with van der Waals surface area (Å²) >= 11 is 1.60. The molecule has 0 radical (unpaired) electrons. The van der Waals surface area contributed by atoms with Crippen LogP contribution in [0.1, 0.15) is 17.2 Å². The second kappa shape index (κ2) is 5.40. The van der Waals surface area contributed by atoms with Gasteiger partial charge in [-0.15, -0.1) is 0 Å². The maximum atomic E-state index is 9.05. The van der Waals surface area contributed by atoms with E-state index in [2.05, 4.69) is 16.4 Å². The second-order valence-corrected chi connectivity index (χ2v) is 4.14. The Morgan fingerprint density at radius 2 is 2.44 bits per heavy atom. The highest BCUT2D eigenvalue weighted by Gasteiger charge is 2.09. The summed E-state index contributed by atoms with van der Waals surface area (Å²) in [5, 5.41) is 16.2. The van der Waals surface area contributed by atoms with Crippen LogP contribution < -0.4 is 5.32 Å². The molecular formula is C12H11N3S. The largest absolute Gasteiger partial charge is 0.294 e. The Kier molecular flexibility index (Phi) is 3.65. The van der Waals surface area contributed by atoms with Crippen LogP contribution in [0.3, 0.4) is 0 Å². The van der Waals surface area contributed by atoms with E-state index in [-0.39, 0.29) is 6.04 Å². The standard InChI is InChI=1S/C12H11N3S/c13-6-12(11-3-5-16-9-11)15-8-10-2-1-4-14-7-10/h1-5,7,9,12,15H,8H2. The first-order valence-electron chi connectivity index (χ1n) is 4.94. The van der Waals surface area contributed by atoms with Gasteiger partial charge in [0, 0.05) is 18.9 Å². The summed E-state index contributed by atoms with van der Waals surface area (Å²) in [6, 6.07) is 7.85. The van der Waals surface area contributed by atoms with Crippen LogP contribution in [0.25, 0.3) is 0 Å². The molecule has 0 aliphatic rings. The molecule has 80 valence electrons. The van der Waals surface area contributed by atoms with E-state index in [0.717, 1.165) is 11.1 Å².